The van der Waals surface area contributed by atoms with Gasteiger partial charge in [0.25, 0.3) is 0 Å². The summed E-state index contributed by atoms with van der Waals surface area (Å²) in [6.45, 7) is 0. The van der Waals surface area contributed by atoms with Gasteiger partial charge in [0.1, 0.15) is 22.2 Å². The zero-order valence-electron chi connectivity index (χ0n) is 14.9. The van der Waals surface area contributed by atoms with Crippen LogP contribution in [0.4, 0.5) is 14.5 Å². The monoisotopic (exact) mass is 485 g/mol. The topological polar surface area (TPSA) is 78.9 Å². The largest absolute Gasteiger partial charge is 0.422 e. The summed E-state index contributed by atoms with van der Waals surface area (Å²) in [6.07, 6.45) is 1.34. The van der Waals surface area contributed by atoms with Crippen LogP contribution in [0.3, 0.4) is 0 Å². The van der Waals surface area contributed by atoms with Gasteiger partial charge in [-0.3, -0.25) is 0 Å². The number of nitrogens with zero attached hydrogens (tertiary/aromatic N) is 2. The first-order valence-corrected chi connectivity index (χ1v) is 10.1. The second-order valence-electron chi connectivity index (χ2n) is 6.11. The molecule has 5 nitrogen and oxygen atoms in total. The van der Waals surface area contributed by atoms with Gasteiger partial charge in [-0.1, -0.05) is 15.9 Å². The summed E-state index contributed by atoms with van der Waals surface area (Å²) in [4.78, 5) is 16.7. The number of fused-ring (bicyclic) bond motifs is 1. The van der Waals surface area contributed by atoms with Crippen molar-refractivity contribution in [2.45, 2.75) is 0 Å². The first-order chi connectivity index (χ1) is 14.4. The summed E-state index contributed by atoms with van der Waals surface area (Å²) in [7, 11) is 0. The molecule has 0 unspecified atom stereocenters. The number of aromatic nitrogens is 1. The SMILES string of the molecule is N#C/C(=C/Nc1ccc(F)c(F)c1)c1nc(-c2cc3cc(Br)ccc3oc2=O)cs1. The molecule has 0 aliphatic rings. The van der Waals surface area contributed by atoms with Crippen molar-refractivity contribution in [1.29, 1.82) is 5.26 Å². The van der Waals surface area contributed by atoms with Gasteiger partial charge < -0.3 is 9.73 Å². The fraction of sp³-hybridized carbons (Fsp3) is 0. The number of thiazole rings is 1. The molecule has 0 aliphatic carbocycles. The number of nitriles is 1. The molecule has 4 rings (SSSR count). The van der Waals surface area contributed by atoms with E-state index in [4.69, 9.17) is 4.42 Å². The van der Waals surface area contributed by atoms with Crippen LogP contribution in [0.25, 0.3) is 27.8 Å². The average molecular weight is 486 g/mol. The fourth-order valence-corrected chi connectivity index (χ4v) is 3.84. The Morgan fingerprint density at radius 1 is 1.20 bits per heavy atom. The van der Waals surface area contributed by atoms with Crippen LogP contribution in [0.1, 0.15) is 5.01 Å². The second kappa shape index (κ2) is 8.18. The summed E-state index contributed by atoms with van der Waals surface area (Å²) in [5.74, 6) is -1.96. The molecule has 2 aromatic heterocycles. The van der Waals surface area contributed by atoms with E-state index in [1.807, 2.05) is 12.1 Å². The highest BCUT2D eigenvalue weighted by Crippen LogP contribution is 2.27. The van der Waals surface area contributed by atoms with E-state index < -0.39 is 17.3 Å². The van der Waals surface area contributed by atoms with Gasteiger partial charge in [-0.05, 0) is 36.4 Å². The lowest BCUT2D eigenvalue weighted by molar-refractivity contribution is 0.509. The van der Waals surface area contributed by atoms with Gasteiger partial charge in [0, 0.05) is 33.2 Å². The van der Waals surface area contributed by atoms with Gasteiger partial charge in [-0.2, -0.15) is 5.26 Å². The van der Waals surface area contributed by atoms with Crippen molar-refractivity contribution in [3.63, 3.8) is 0 Å². The molecule has 0 saturated carbocycles. The molecule has 0 amide bonds. The molecule has 2 heterocycles. The minimum atomic E-state index is -1.00. The first-order valence-electron chi connectivity index (χ1n) is 8.46. The maximum absolute atomic E-state index is 13.3. The molecule has 148 valence electrons. The van der Waals surface area contributed by atoms with Crippen molar-refractivity contribution in [2.75, 3.05) is 5.32 Å². The maximum Gasteiger partial charge on any atom is 0.345 e. The Bertz CT molecular complexity index is 1410. The lowest BCUT2D eigenvalue weighted by Gasteiger charge is -2.02. The predicted molar refractivity (Wildman–Crippen MR) is 115 cm³/mol. The molecule has 30 heavy (non-hydrogen) atoms. The smallest absolute Gasteiger partial charge is 0.345 e. The summed E-state index contributed by atoms with van der Waals surface area (Å²) >= 11 is 4.55. The van der Waals surface area contributed by atoms with Crippen LogP contribution in [0, 0.1) is 23.0 Å². The third kappa shape index (κ3) is 4.01. The predicted octanol–water partition coefficient (Wildman–Crippen LogP) is 5.93. The average Bonchev–Trinajstić information content (AvgIpc) is 3.20. The Balaban J connectivity index is 1.66. The van der Waals surface area contributed by atoms with Crippen molar-refractivity contribution in [3.8, 4) is 17.3 Å². The van der Waals surface area contributed by atoms with Gasteiger partial charge in [0.15, 0.2) is 11.6 Å². The molecule has 0 bridgehead atoms. The van der Waals surface area contributed by atoms with Gasteiger partial charge in [0.2, 0.25) is 0 Å². The molecule has 0 saturated heterocycles. The molecule has 9 heteroatoms. The summed E-state index contributed by atoms with van der Waals surface area (Å²) in [6, 6.07) is 12.3. The molecular formula is C21H10BrF2N3O2S. The number of hydrogen-bond donors (Lipinski definition) is 1. The van der Waals surface area contributed by atoms with Crippen LogP contribution < -0.4 is 10.9 Å². The third-order valence-electron chi connectivity index (χ3n) is 4.13. The standard InChI is InChI=1S/C21H10BrF2N3O2S/c22-13-1-4-19-11(5-13)6-15(21(28)29-19)18-10-30-20(27-18)12(8-25)9-26-14-2-3-16(23)17(24)7-14/h1-7,9-10,26H/b12-9-. The summed E-state index contributed by atoms with van der Waals surface area (Å²) in [5.41, 5.74) is 1.01. The zero-order valence-corrected chi connectivity index (χ0v) is 17.4. The lowest BCUT2D eigenvalue weighted by atomic mass is 10.1. The van der Waals surface area contributed by atoms with E-state index in [0.29, 0.717) is 16.3 Å². The minimum Gasteiger partial charge on any atom is -0.422 e. The van der Waals surface area contributed by atoms with Gasteiger partial charge in [-0.15, -0.1) is 11.3 Å². The highest BCUT2D eigenvalue weighted by atomic mass is 79.9. The number of halogens is 3. The number of anilines is 1. The molecule has 0 radical (unpaired) electrons. The number of hydrogen-bond acceptors (Lipinski definition) is 6. The van der Waals surface area contributed by atoms with E-state index in [0.717, 1.165) is 22.0 Å². The number of benzene rings is 2. The lowest BCUT2D eigenvalue weighted by Crippen LogP contribution is -2.03. The summed E-state index contributed by atoms with van der Waals surface area (Å²) < 4.78 is 32.5. The molecule has 0 aliphatic heterocycles. The molecule has 0 atom stereocenters. The maximum atomic E-state index is 13.3. The Morgan fingerprint density at radius 3 is 2.80 bits per heavy atom. The van der Waals surface area contributed by atoms with Crippen LogP contribution in [0.5, 0.6) is 0 Å². The van der Waals surface area contributed by atoms with Crippen LogP contribution in [-0.4, -0.2) is 4.98 Å². The number of nitrogens with one attached hydrogen (secondary N) is 1. The first kappa shape index (κ1) is 19.9. The Labute approximate surface area is 181 Å². The normalized spacial score (nSPS) is 11.5. The van der Waals surface area contributed by atoms with Crippen LogP contribution in [-0.2, 0) is 0 Å². The van der Waals surface area contributed by atoms with E-state index in [-0.39, 0.29) is 16.8 Å². The second-order valence-corrected chi connectivity index (χ2v) is 7.88. The highest BCUT2D eigenvalue weighted by Gasteiger charge is 2.14. The number of rotatable bonds is 4. The quantitative estimate of drug-likeness (QED) is 0.286. The summed E-state index contributed by atoms with van der Waals surface area (Å²) in [5, 5.41) is 14.9. The molecule has 0 fully saturated rings. The third-order valence-corrected chi connectivity index (χ3v) is 5.50. The fourth-order valence-electron chi connectivity index (χ4n) is 2.68. The Morgan fingerprint density at radius 2 is 2.03 bits per heavy atom. The van der Waals surface area contributed by atoms with Crippen molar-refractivity contribution >= 4 is 49.5 Å². The van der Waals surface area contributed by atoms with E-state index in [9.17, 15) is 18.8 Å². The van der Waals surface area contributed by atoms with Gasteiger partial charge in [-0.25, -0.2) is 18.6 Å². The molecule has 1 N–H and O–H groups in total. The zero-order chi connectivity index (χ0) is 21.3. The van der Waals surface area contributed by atoms with Crippen LogP contribution >= 0.6 is 27.3 Å². The molecule has 2 aromatic carbocycles. The van der Waals surface area contributed by atoms with Crippen LogP contribution in [0.2, 0.25) is 0 Å². The van der Waals surface area contributed by atoms with Gasteiger partial charge in [0.05, 0.1) is 11.3 Å². The molecular weight excluding hydrogens is 476 g/mol. The van der Waals surface area contributed by atoms with Crippen molar-refractivity contribution < 1.29 is 13.2 Å². The van der Waals surface area contributed by atoms with Gasteiger partial charge >= 0.3 is 5.63 Å². The number of allylic oxidation sites excluding steroid dienone is 1. The van der Waals surface area contributed by atoms with E-state index in [1.54, 1.807) is 23.6 Å². The van der Waals surface area contributed by atoms with Crippen LogP contribution in [0.15, 0.2) is 67.7 Å². The van der Waals surface area contributed by atoms with E-state index in [2.05, 4.69) is 26.2 Å². The Hall–Kier alpha value is -3.35. The Kier molecular flexibility index (Phi) is 5.44. The highest BCUT2D eigenvalue weighted by molar-refractivity contribution is 9.10. The van der Waals surface area contributed by atoms with E-state index in [1.165, 1.54) is 23.6 Å². The van der Waals surface area contributed by atoms with Crippen molar-refractivity contribution in [2.24, 2.45) is 0 Å². The molecule has 4 aromatic rings. The van der Waals surface area contributed by atoms with Crippen molar-refractivity contribution in [1.82, 2.24) is 4.98 Å². The van der Waals surface area contributed by atoms with E-state index >= 15 is 0 Å². The minimum absolute atomic E-state index is 0.170. The van der Waals surface area contributed by atoms with Crippen molar-refractivity contribution in [3.05, 3.63) is 85.6 Å². The molecule has 0 spiro atoms.